The molecule has 4 amide bonds. The van der Waals surface area contributed by atoms with Crippen LogP contribution in [0.1, 0.15) is 18.4 Å². The van der Waals surface area contributed by atoms with Crippen LogP contribution in [0.3, 0.4) is 0 Å². The molecular formula is C19H27N5O7S. The molecule has 0 radical (unpaired) electrons. The van der Waals surface area contributed by atoms with E-state index in [1.54, 1.807) is 0 Å². The van der Waals surface area contributed by atoms with E-state index in [9.17, 15) is 29.1 Å². The standard InChI is InChI=1S/C19H27N5O7S/c20-12(5-6-15(21)26)17(29)24-14(9-32)19(31)23-13(18(30)22-8-16(27)28)7-10-1-3-11(25)4-2-10/h1-4,12-14,25,32H,5-9,20H2,(H2,21,26)(H,22,30)(H,23,31)(H,24,29)(H,27,28). The van der Waals surface area contributed by atoms with Crippen molar-refractivity contribution >= 4 is 42.2 Å². The molecule has 0 bridgehead atoms. The van der Waals surface area contributed by atoms with Gasteiger partial charge in [-0.3, -0.25) is 24.0 Å². The van der Waals surface area contributed by atoms with Crippen molar-refractivity contribution in [1.29, 1.82) is 0 Å². The van der Waals surface area contributed by atoms with E-state index in [0.29, 0.717) is 5.56 Å². The fraction of sp³-hybridized carbons (Fsp3) is 0.421. The summed E-state index contributed by atoms with van der Waals surface area (Å²) in [5, 5.41) is 25.2. The summed E-state index contributed by atoms with van der Waals surface area (Å²) in [5.74, 6) is -4.20. The maximum atomic E-state index is 12.7. The van der Waals surface area contributed by atoms with Crippen molar-refractivity contribution in [2.24, 2.45) is 11.5 Å². The molecule has 176 valence electrons. The fourth-order valence-electron chi connectivity index (χ4n) is 2.54. The molecule has 0 aliphatic carbocycles. The number of nitrogens with one attached hydrogen (secondary N) is 3. The van der Waals surface area contributed by atoms with Gasteiger partial charge in [0.1, 0.15) is 24.4 Å². The highest BCUT2D eigenvalue weighted by Gasteiger charge is 2.28. The number of nitrogens with two attached hydrogens (primary N) is 2. The van der Waals surface area contributed by atoms with E-state index in [-0.39, 0.29) is 30.8 Å². The number of benzene rings is 1. The van der Waals surface area contributed by atoms with Gasteiger partial charge in [-0.05, 0) is 24.1 Å². The Hall–Kier alpha value is -3.32. The van der Waals surface area contributed by atoms with Gasteiger partial charge in [0.05, 0.1) is 6.04 Å². The average molecular weight is 470 g/mol. The minimum atomic E-state index is -1.27. The number of hydrogen-bond donors (Lipinski definition) is 8. The Morgan fingerprint density at radius 1 is 0.969 bits per heavy atom. The highest BCUT2D eigenvalue weighted by Crippen LogP contribution is 2.11. The fourth-order valence-corrected chi connectivity index (χ4v) is 2.79. The molecule has 12 nitrogen and oxygen atoms in total. The molecule has 1 aromatic carbocycles. The van der Waals surface area contributed by atoms with E-state index in [4.69, 9.17) is 16.6 Å². The Morgan fingerprint density at radius 2 is 1.56 bits per heavy atom. The Kier molecular flexibility index (Phi) is 11.0. The minimum Gasteiger partial charge on any atom is -0.508 e. The quantitative estimate of drug-likeness (QED) is 0.146. The first-order chi connectivity index (χ1) is 15.0. The van der Waals surface area contributed by atoms with Crippen LogP contribution in [0.25, 0.3) is 0 Å². The van der Waals surface area contributed by atoms with Crippen LogP contribution in [0.15, 0.2) is 24.3 Å². The van der Waals surface area contributed by atoms with E-state index >= 15 is 0 Å². The Bertz CT molecular complexity index is 834. The number of carbonyl (C=O) groups excluding carboxylic acids is 4. The van der Waals surface area contributed by atoms with Crippen molar-refractivity contribution in [1.82, 2.24) is 16.0 Å². The zero-order valence-electron chi connectivity index (χ0n) is 17.1. The highest BCUT2D eigenvalue weighted by molar-refractivity contribution is 7.80. The summed E-state index contributed by atoms with van der Waals surface area (Å²) >= 11 is 4.04. The second kappa shape index (κ2) is 13.2. The predicted octanol–water partition coefficient (Wildman–Crippen LogP) is -2.37. The molecule has 3 unspecified atom stereocenters. The topological polar surface area (TPSA) is 214 Å². The van der Waals surface area contributed by atoms with Crippen LogP contribution in [0.5, 0.6) is 5.75 Å². The average Bonchev–Trinajstić information content (AvgIpc) is 2.74. The van der Waals surface area contributed by atoms with Gasteiger partial charge in [-0.1, -0.05) is 12.1 Å². The SMILES string of the molecule is NC(=O)CCC(N)C(=O)NC(CS)C(=O)NC(Cc1ccc(O)cc1)C(=O)NCC(=O)O. The molecule has 0 heterocycles. The summed E-state index contributed by atoms with van der Waals surface area (Å²) in [7, 11) is 0. The maximum Gasteiger partial charge on any atom is 0.322 e. The van der Waals surface area contributed by atoms with Crippen molar-refractivity contribution in [3.63, 3.8) is 0 Å². The zero-order chi connectivity index (χ0) is 24.3. The number of aliphatic carboxylic acids is 1. The van der Waals surface area contributed by atoms with Gasteiger partial charge in [-0.25, -0.2) is 0 Å². The van der Waals surface area contributed by atoms with E-state index in [0.717, 1.165) is 0 Å². The number of phenols is 1. The van der Waals surface area contributed by atoms with Crippen molar-refractivity contribution in [3.05, 3.63) is 29.8 Å². The third-order valence-electron chi connectivity index (χ3n) is 4.28. The molecule has 0 fully saturated rings. The van der Waals surface area contributed by atoms with E-state index in [1.165, 1.54) is 24.3 Å². The summed E-state index contributed by atoms with van der Waals surface area (Å²) in [6, 6.07) is 2.46. The molecule has 13 heteroatoms. The lowest BCUT2D eigenvalue weighted by Crippen LogP contribution is -2.57. The molecule has 1 aromatic rings. The van der Waals surface area contributed by atoms with Gasteiger partial charge in [0.25, 0.3) is 0 Å². The molecule has 1 rings (SSSR count). The van der Waals surface area contributed by atoms with Gasteiger partial charge in [0, 0.05) is 18.6 Å². The lowest BCUT2D eigenvalue weighted by molar-refractivity contribution is -0.138. The van der Waals surface area contributed by atoms with Gasteiger partial charge in [-0.15, -0.1) is 0 Å². The molecule has 3 atom stereocenters. The van der Waals surface area contributed by atoms with Gasteiger partial charge in [0.15, 0.2) is 0 Å². The third-order valence-corrected chi connectivity index (χ3v) is 4.64. The van der Waals surface area contributed by atoms with Gasteiger partial charge < -0.3 is 37.6 Å². The smallest absolute Gasteiger partial charge is 0.322 e. The second-order valence-corrected chi connectivity index (χ2v) is 7.26. The molecule has 0 saturated carbocycles. The van der Waals surface area contributed by atoms with Crippen molar-refractivity contribution in [2.75, 3.05) is 12.3 Å². The summed E-state index contributed by atoms with van der Waals surface area (Å²) in [6.07, 6.45) is -0.128. The van der Waals surface area contributed by atoms with E-state index < -0.39 is 54.3 Å². The van der Waals surface area contributed by atoms with Crippen molar-refractivity contribution in [3.8, 4) is 5.75 Å². The van der Waals surface area contributed by atoms with Crippen LogP contribution in [-0.4, -0.2) is 70.2 Å². The lowest BCUT2D eigenvalue weighted by atomic mass is 10.0. The molecule has 9 N–H and O–H groups in total. The summed E-state index contributed by atoms with van der Waals surface area (Å²) in [4.78, 5) is 58.9. The van der Waals surface area contributed by atoms with Gasteiger partial charge in [-0.2, -0.15) is 12.6 Å². The normalized spacial score (nSPS) is 13.3. The third kappa shape index (κ3) is 9.66. The Morgan fingerprint density at radius 3 is 2.09 bits per heavy atom. The van der Waals surface area contributed by atoms with E-state index in [1.807, 2.05) is 0 Å². The second-order valence-electron chi connectivity index (χ2n) is 6.90. The molecule has 0 aromatic heterocycles. The number of primary amides is 1. The molecular weight excluding hydrogens is 442 g/mol. The van der Waals surface area contributed by atoms with Crippen LogP contribution in [0, 0.1) is 0 Å². The number of aromatic hydroxyl groups is 1. The van der Waals surface area contributed by atoms with Gasteiger partial charge in [0.2, 0.25) is 23.6 Å². The lowest BCUT2D eigenvalue weighted by Gasteiger charge is -2.23. The van der Waals surface area contributed by atoms with Crippen LogP contribution in [-0.2, 0) is 30.4 Å². The monoisotopic (exact) mass is 469 g/mol. The number of hydrogen-bond acceptors (Lipinski definition) is 8. The van der Waals surface area contributed by atoms with Crippen molar-refractivity contribution < 1.29 is 34.2 Å². The van der Waals surface area contributed by atoms with Crippen LogP contribution in [0.2, 0.25) is 0 Å². The number of rotatable bonds is 13. The minimum absolute atomic E-state index is 0.00943. The predicted molar refractivity (Wildman–Crippen MR) is 117 cm³/mol. The summed E-state index contributed by atoms with van der Waals surface area (Å²) in [5.41, 5.74) is 11.3. The van der Waals surface area contributed by atoms with Crippen LogP contribution < -0.4 is 27.4 Å². The molecule has 0 spiro atoms. The first-order valence-corrected chi connectivity index (χ1v) is 10.2. The Balaban J connectivity index is 2.87. The first-order valence-electron chi connectivity index (χ1n) is 9.56. The first kappa shape index (κ1) is 26.7. The number of carbonyl (C=O) groups is 5. The number of thiol groups is 1. The molecule has 32 heavy (non-hydrogen) atoms. The van der Waals surface area contributed by atoms with Gasteiger partial charge >= 0.3 is 5.97 Å². The molecule has 0 saturated heterocycles. The van der Waals surface area contributed by atoms with E-state index in [2.05, 4.69) is 28.6 Å². The number of carboxylic acid groups (broad SMARTS) is 1. The van der Waals surface area contributed by atoms with Crippen LogP contribution >= 0.6 is 12.6 Å². The summed E-state index contributed by atoms with van der Waals surface area (Å²) in [6.45, 7) is -0.651. The largest absolute Gasteiger partial charge is 0.508 e. The number of amides is 4. The highest BCUT2D eigenvalue weighted by atomic mass is 32.1. The summed E-state index contributed by atoms with van der Waals surface area (Å²) < 4.78 is 0. The molecule has 0 aliphatic heterocycles. The maximum absolute atomic E-state index is 12.7. The molecule has 0 aliphatic rings. The van der Waals surface area contributed by atoms with Crippen LogP contribution in [0.4, 0.5) is 0 Å². The Labute approximate surface area is 189 Å². The van der Waals surface area contributed by atoms with Crippen molar-refractivity contribution in [2.45, 2.75) is 37.4 Å². The number of phenolic OH excluding ortho intramolecular Hbond substituents is 1. The number of carboxylic acids is 1. The zero-order valence-corrected chi connectivity index (χ0v) is 18.0.